The van der Waals surface area contributed by atoms with Crippen LogP contribution in [0.2, 0.25) is 5.15 Å². The fraction of sp³-hybridized carbons (Fsp3) is 0.214. The third-order valence-corrected chi connectivity index (χ3v) is 3.39. The van der Waals surface area contributed by atoms with Gasteiger partial charge in [-0.1, -0.05) is 41.9 Å². The number of nitrogens with zero attached hydrogens (tertiary/aromatic N) is 2. The van der Waals surface area contributed by atoms with Crippen molar-refractivity contribution in [1.29, 1.82) is 0 Å². The number of hydrogen-bond acceptors (Lipinski definition) is 3. The Hall–Kier alpha value is -1.94. The Labute approximate surface area is 115 Å². The Morgan fingerprint density at radius 2 is 2.05 bits per heavy atom. The Kier molecular flexibility index (Phi) is 3.17. The van der Waals surface area contributed by atoms with Crippen LogP contribution >= 0.6 is 11.6 Å². The van der Waals surface area contributed by atoms with E-state index >= 15 is 0 Å². The predicted molar refractivity (Wildman–Crippen MR) is 73.0 cm³/mol. The molecule has 2 atom stereocenters. The molecule has 0 saturated heterocycles. The summed E-state index contributed by atoms with van der Waals surface area (Å²) < 4.78 is 0. The number of rotatable bonds is 3. The molecule has 1 aromatic heterocycles. The molecule has 3 rings (SSSR count). The van der Waals surface area contributed by atoms with Crippen molar-refractivity contribution in [3.8, 4) is 0 Å². The molecule has 1 aliphatic carbocycles. The number of nitrogens with one attached hydrogen (secondary N) is 1. The van der Waals surface area contributed by atoms with E-state index in [4.69, 9.17) is 11.6 Å². The van der Waals surface area contributed by atoms with Crippen molar-refractivity contribution in [2.45, 2.75) is 12.3 Å². The maximum absolute atomic E-state index is 12.0. The summed E-state index contributed by atoms with van der Waals surface area (Å²) in [6.45, 7) is 0. The van der Waals surface area contributed by atoms with Gasteiger partial charge in [-0.05, 0) is 17.9 Å². The molecule has 1 heterocycles. The molecular weight excluding hydrogens is 262 g/mol. The summed E-state index contributed by atoms with van der Waals surface area (Å²) in [4.78, 5) is 19.9. The Morgan fingerprint density at radius 3 is 2.79 bits per heavy atom. The third-order valence-electron chi connectivity index (χ3n) is 3.21. The molecule has 0 radical (unpaired) electrons. The molecule has 2 unspecified atom stereocenters. The topological polar surface area (TPSA) is 54.9 Å². The van der Waals surface area contributed by atoms with Gasteiger partial charge in [0.1, 0.15) is 5.15 Å². The van der Waals surface area contributed by atoms with Gasteiger partial charge in [-0.25, -0.2) is 4.98 Å². The summed E-state index contributed by atoms with van der Waals surface area (Å²) in [5.41, 5.74) is 1.21. The first-order valence-corrected chi connectivity index (χ1v) is 6.45. The molecule has 1 saturated carbocycles. The molecule has 1 aliphatic rings. The van der Waals surface area contributed by atoms with E-state index in [0.29, 0.717) is 11.7 Å². The van der Waals surface area contributed by atoms with E-state index in [1.54, 1.807) is 0 Å². The van der Waals surface area contributed by atoms with Crippen LogP contribution < -0.4 is 5.32 Å². The van der Waals surface area contributed by atoms with Gasteiger partial charge in [0.05, 0.1) is 12.4 Å². The van der Waals surface area contributed by atoms with Crippen LogP contribution in [0, 0.1) is 5.92 Å². The van der Waals surface area contributed by atoms with Crippen LogP contribution in [0.15, 0.2) is 42.7 Å². The second kappa shape index (κ2) is 4.97. The van der Waals surface area contributed by atoms with Gasteiger partial charge in [-0.15, -0.1) is 0 Å². The normalized spacial score (nSPS) is 20.9. The van der Waals surface area contributed by atoms with Crippen molar-refractivity contribution in [2.75, 3.05) is 5.32 Å². The highest BCUT2D eigenvalue weighted by atomic mass is 35.5. The molecule has 4 nitrogen and oxygen atoms in total. The average Bonchev–Trinajstić information content (AvgIpc) is 3.20. The number of amides is 1. The van der Waals surface area contributed by atoms with Crippen LogP contribution in [0.5, 0.6) is 0 Å². The largest absolute Gasteiger partial charge is 0.309 e. The lowest BCUT2D eigenvalue weighted by Crippen LogP contribution is -2.15. The molecule has 0 aliphatic heterocycles. The predicted octanol–water partition coefficient (Wildman–Crippen LogP) is 2.87. The molecule has 0 spiro atoms. The standard InChI is InChI=1S/C14H12ClN3O/c15-12-7-16-8-13(17-12)18-14(19)11-6-10(11)9-4-2-1-3-5-9/h1-5,7-8,10-11H,6H2,(H,17,18,19). The maximum atomic E-state index is 12.0. The molecule has 0 bridgehead atoms. The molecular formula is C14H12ClN3O. The summed E-state index contributed by atoms with van der Waals surface area (Å²) >= 11 is 5.72. The maximum Gasteiger partial charge on any atom is 0.229 e. The highest BCUT2D eigenvalue weighted by molar-refractivity contribution is 6.29. The van der Waals surface area contributed by atoms with Crippen molar-refractivity contribution in [3.05, 3.63) is 53.4 Å². The van der Waals surface area contributed by atoms with E-state index in [9.17, 15) is 4.79 Å². The summed E-state index contributed by atoms with van der Waals surface area (Å²) in [6.07, 6.45) is 3.80. The van der Waals surface area contributed by atoms with Crippen LogP contribution in [-0.2, 0) is 4.79 Å². The lowest BCUT2D eigenvalue weighted by Gasteiger charge is -2.03. The van der Waals surface area contributed by atoms with Gasteiger partial charge in [-0.2, -0.15) is 0 Å². The SMILES string of the molecule is O=C(Nc1cncc(Cl)n1)C1CC1c1ccccc1. The number of carbonyl (C=O) groups is 1. The first-order valence-electron chi connectivity index (χ1n) is 6.07. The lowest BCUT2D eigenvalue weighted by atomic mass is 10.1. The Balaban J connectivity index is 1.64. The van der Waals surface area contributed by atoms with Gasteiger partial charge in [0.25, 0.3) is 0 Å². The average molecular weight is 274 g/mol. The summed E-state index contributed by atoms with van der Waals surface area (Å²) in [6, 6.07) is 10.1. The number of anilines is 1. The molecule has 96 valence electrons. The van der Waals surface area contributed by atoms with E-state index in [1.165, 1.54) is 18.0 Å². The number of hydrogen-bond donors (Lipinski definition) is 1. The van der Waals surface area contributed by atoms with Crippen molar-refractivity contribution < 1.29 is 4.79 Å². The second-order valence-corrected chi connectivity index (χ2v) is 4.96. The summed E-state index contributed by atoms with van der Waals surface area (Å²) in [5.74, 6) is 0.707. The molecule has 1 N–H and O–H groups in total. The quantitative estimate of drug-likeness (QED) is 0.935. The number of carbonyl (C=O) groups excluding carboxylic acids is 1. The molecule has 1 amide bonds. The monoisotopic (exact) mass is 273 g/mol. The van der Waals surface area contributed by atoms with E-state index in [0.717, 1.165) is 6.42 Å². The zero-order valence-electron chi connectivity index (χ0n) is 10.1. The third kappa shape index (κ3) is 2.74. The fourth-order valence-corrected chi connectivity index (χ4v) is 2.32. The van der Waals surface area contributed by atoms with Crippen molar-refractivity contribution in [3.63, 3.8) is 0 Å². The van der Waals surface area contributed by atoms with Crippen LogP contribution in [0.1, 0.15) is 17.9 Å². The minimum absolute atomic E-state index is 0.0168. The molecule has 19 heavy (non-hydrogen) atoms. The van der Waals surface area contributed by atoms with E-state index in [1.807, 2.05) is 18.2 Å². The first-order chi connectivity index (χ1) is 9.24. The molecule has 1 fully saturated rings. The molecule has 2 aromatic rings. The lowest BCUT2D eigenvalue weighted by molar-refractivity contribution is -0.117. The summed E-state index contributed by atoms with van der Waals surface area (Å²) in [5, 5.41) is 3.02. The van der Waals surface area contributed by atoms with E-state index in [-0.39, 0.29) is 17.0 Å². The van der Waals surface area contributed by atoms with Crippen LogP contribution in [0.4, 0.5) is 5.82 Å². The van der Waals surface area contributed by atoms with Crippen molar-refractivity contribution >= 4 is 23.3 Å². The highest BCUT2D eigenvalue weighted by Gasteiger charge is 2.43. The first kappa shape index (κ1) is 12.1. The van der Waals surface area contributed by atoms with Crippen LogP contribution in [0.25, 0.3) is 0 Å². The van der Waals surface area contributed by atoms with Crippen LogP contribution in [-0.4, -0.2) is 15.9 Å². The summed E-state index contributed by atoms with van der Waals surface area (Å²) in [7, 11) is 0. The van der Waals surface area contributed by atoms with E-state index in [2.05, 4.69) is 27.4 Å². The van der Waals surface area contributed by atoms with Gasteiger partial charge in [-0.3, -0.25) is 9.78 Å². The minimum Gasteiger partial charge on any atom is -0.309 e. The Morgan fingerprint density at radius 1 is 1.26 bits per heavy atom. The number of benzene rings is 1. The van der Waals surface area contributed by atoms with Crippen molar-refractivity contribution in [1.82, 2.24) is 9.97 Å². The van der Waals surface area contributed by atoms with Gasteiger partial charge in [0, 0.05) is 5.92 Å². The highest BCUT2D eigenvalue weighted by Crippen LogP contribution is 2.47. The Bertz CT molecular complexity index is 603. The van der Waals surface area contributed by atoms with E-state index < -0.39 is 0 Å². The zero-order valence-corrected chi connectivity index (χ0v) is 10.8. The smallest absolute Gasteiger partial charge is 0.229 e. The van der Waals surface area contributed by atoms with Gasteiger partial charge in [0.15, 0.2) is 5.82 Å². The van der Waals surface area contributed by atoms with Crippen LogP contribution in [0.3, 0.4) is 0 Å². The van der Waals surface area contributed by atoms with Gasteiger partial charge in [0.2, 0.25) is 5.91 Å². The number of aromatic nitrogens is 2. The second-order valence-electron chi connectivity index (χ2n) is 4.58. The fourth-order valence-electron chi connectivity index (χ4n) is 2.17. The number of halogens is 1. The molecule has 5 heteroatoms. The van der Waals surface area contributed by atoms with Gasteiger partial charge >= 0.3 is 0 Å². The zero-order chi connectivity index (χ0) is 13.2. The van der Waals surface area contributed by atoms with Crippen molar-refractivity contribution in [2.24, 2.45) is 5.92 Å². The van der Waals surface area contributed by atoms with Gasteiger partial charge < -0.3 is 5.32 Å². The molecule has 1 aromatic carbocycles. The minimum atomic E-state index is -0.0228.